The highest BCUT2D eigenvalue weighted by atomic mass is 28.4. The van der Waals surface area contributed by atoms with E-state index in [1.54, 1.807) is 0 Å². The average Bonchev–Trinajstić information content (AvgIpc) is 3.86. The minimum atomic E-state index is -2.73. The second-order valence-electron chi connectivity index (χ2n) is 14.7. The lowest BCUT2D eigenvalue weighted by Gasteiger charge is -2.46. The van der Waals surface area contributed by atoms with Gasteiger partial charge in [-0.1, -0.05) is 162 Å². The highest BCUT2D eigenvalue weighted by Gasteiger charge is 2.70. The molecule has 2 aliphatic heterocycles. The molecule has 0 N–H and O–H groups in total. The van der Waals surface area contributed by atoms with E-state index in [-0.39, 0.29) is 29.3 Å². The highest BCUT2D eigenvalue weighted by Crippen LogP contribution is 2.53. The quantitative estimate of drug-likeness (QED) is 0.0933. The number of benzene rings is 4. The van der Waals surface area contributed by atoms with Gasteiger partial charge in [-0.25, -0.2) is 0 Å². The van der Waals surface area contributed by atoms with Crippen LogP contribution in [0.3, 0.4) is 0 Å². The van der Waals surface area contributed by atoms with Gasteiger partial charge in [0.1, 0.15) is 0 Å². The molecule has 260 valence electrons. The van der Waals surface area contributed by atoms with Crippen LogP contribution in [0, 0.1) is 5.92 Å². The Morgan fingerprint density at radius 3 is 1.71 bits per heavy atom. The van der Waals surface area contributed by atoms with E-state index in [4.69, 9.17) is 23.4 Å². The molecular weight excluding hydrogens is 625 g/mol. The molecule has 4 aromatic rings. The van der Waals surface area contributed by atoms with Gasteiger partial charge < -0.3 is 23.4 Å². The molecule has 5 nitrogen and oxygen atoms in total. The number of rotatable bonds is 15. The predicted molar refractivity (Wildman–Crippen MR) is 199 cm³/mol. The molecule has 6 rings (SSSR count). The van der Waals surface area contributed by atoms with Crippen molar-refractivity contribution in [3.8, 4) is 0 Å². The van der Waals surface area contributed by atoms with Crippen molar-refractivity contribution >= 4 is 18.7 Å². The summed E-state index contributed by atoms with van der Waals surface area (Å²) in [6.07, 6.45) is 2.78. The van der Waals surface area contributed by atoms with Gasteiger partial charge in [-0.05, 0) is 39.4 Å². The number of epoxide rings is 1. The minimum absolute atomic E-state index is 0.0213. The first kappa shape index (κ1) is 35.7. The molecule has 6 atom stereocenters. The van der Waals surface area contributed by atoms with Crippen molar-refractivity contribution in [2.45, 2.75) is 109 Å². The van der Waals surface area contributed by atoms with Gasteiger partial charge in [-0.2, -0.15) is 0 Å². The zero-order valence-corrected chi connectivity index (χ0v) is 30.9. The lowest BCUT2D eigenvalue weighted by Crippen LogP contribution is -2.67. The summed E-state index contributed by atoms with van der Waals surface area (Å²) in [4.78, 5) is 0. The number of hydrogen-bond donors (Lipinski definition) is 0. The maximum Gasteiger partial charge on any atom is 0.261 e. The van der Waals surface area contributed by atoms with Crippen molar-refractivity contribution in [3.05, 3.63) is 132 Å². The summed E-state index contributed by atoms with van der Waals surface area (Å²) >= 11 is 0. The van der Waals surface area contributed by atoms with Crippen molar-refractivity contribution in [1.29, 1.82) is 0 Å². The molecular formula is C43H54O5Si. The number of hydrogen-bond acceptors (Lipinski definition) is 5. The minimum Gasteiger partial charge on any atom is -0.407 e. The van der Waals surface area contributed by atoms with E-state index in [9.17, 15) is 0 Å². The monoisotopic (exact) mass is 678 g/mol. The van der Waals surface area contributed by atoms with E-state index in [1.165, 1.54) is 10.4 Å². The van der Waals surface area contributed by atoms with Gasteiger partial charge in [-0.15, -0.1) is 0 Å². The Bertz CT molecular complexity index is 1470. The maximum atomic E-state index is 7.52. The fourth-order valence-corrected chi connectivity index (χ4v) is 12.5. The van der Waals surface area contributed by atoms with Crippen molar-refractivity contribution in [3.63, 3.8) is 0 Å². The summed E-state index contributed by atoms with van der Waals surface area (Å²) in [5.41, 5.74) is 1.62. The van der Waals surface area contributed by atoms with Gasteiger partial charge in [0.05, 0.1) is 31.5 Å². The topological polar surface area (TPSA) is 49.5 Å². The Hall–Kier alpha value is -3.10. The Balaban J connectivity index is 1.32. The molecule has 0 amide bonds. The van der Waals surface area contributed by atoms with Crippen LogP contribution in [-0.2, 0) is 36.6 Å². The summed E-state index contributed by atoms with van der Waals surface area (Å²) < 4.78 is 34.7. The third-order valence-corrected chi connectivity index (χ3v) is 15.4. The molecule has 0 aliphatic carbocycles. The SMILES string of the molecule is CCC[C@@H](CO[Si](c1ccccc1)(c1ccccc1)C(C)(C)C)[C@@H]1C[C@H](OCc2ccccc2)[C@@]2(O[C@@H]2CC)[C@@H](OCc2ccccc2)O1. The molecule has 0 radical (unpaired) electrons. The van der Waals surface area contributed by atoms with E-state index in [0.29, 0.717) is 19.8 Å². The first-order valence-corrected chi connectivity index (χ1v) is 20.1. The fraction of sp³-hybridized carbons (Fsp3) is 0.442. The van der Waals surface area contributed by atoms with Crippen LogP contribution in [0.2, 0.25) is 5.04 Å². The van der Waals surface area contributed by atoms with Gasteiger partial charge in [0.25, 0.3) is 8.32 Å². The molecule has 0 saturated carbocycles. The smallest absolute Gasteiger partial charge is 0.261 e. The van der Waals surface area contributed by atoms with Crippen molar-refractivity contribution < 1.29 is 23.4 Å². The van der Waals surface area contributed by atoms with Gasteiger partial charge in [-0.3, -0.25) is 0 Å². The first-order chi connectivity index (χ1) is 23.8. The molecule has 0 bridgehead atoms. The standard InChI is InChI=1S/C43H54O5Si/c1-6-20-35(32-46-49(42(3,4)5,36-25-16-10-17-26-36)37-27-18-11-19-28-37)38-29-40(44-30-33-21-12-8-13-22-33)43(39(7-2)48-43)41(47-38)45-31-34-23-14-9-15-24-34/h8-19,21-28,35,38-41H,6-7,20,29-32H2,1-5H3/t35-,38-,39+,40-,41-,43+/m0/s1. The summed E-state index contributed by atoms with van der Waals surface area (Å²) in [5, 5.41) is 2.47. The predicted octanol–water partition coefficient (Wildman–Crippen LogP) is 8.44. The zero-order chi connectivity index (χ0) is 34.3. The lowest BCUT2D eigenvalue weighted by molar-refractivity contribution is -0.276. The fourth-order valence-electron chi connectivity index (χ4n) is 7.90. The van der Waals surface area contributed by atoms with Crippen LogP contribution in [0.15, 0.2) is 121 Å². The first-order valence-electron chi connectivity index (χ1n) is 18.2. The Labute approximate surface area is 295 Å². The molecule has 6 heteroatoms. The van der Waals surface area contributed by atoms with Gasteiger partial charge in [0.2, 0.25) is 0 Å². The third kappa shape index (κ3) is 7.65. The van der Waals surface area contributed by atoms with Gasteiger partial charge in [0.15, 0.2) is 11.9 Å². The van der Waals surface area contributed by atoms with Crippen LogP contribution in [0.25, 0.3) is 0 Å². The zero-order valence-electron chi connectivity index (χ0n) is 29.9. The van der Waals surface area contributed by atoms with E-state index in [2.05, 4.69) is 132 Å². The van der Waals surface area contributed by atoms with Crippen molar-refractivity contribution in [1.82, 2.24) is 0 Å². The highest BCUT2D eigenvalue weighted by molar-refractivity contribution is 6.99. The molecule has 2 saturated heterocycles. The maximum absolute atomic E-state index is 7.52. The average molecular weight is 679 g/mol. The molecule has 0 aromatic heterocycles. The van der Waals surface area contributed by atoms with Crippen molar-refractivity contribution in [2.24, 2.45) is 5.92 Å². The molecule has 49 heavy (non-hydrogen) atoms. The van der Waals surface area contributed by atoms with E-state index in [0.717, 1.165) is 36.8 Å². The van der Waals surface area contributed by atoms with Crippen LogP contribution < -0.4 is 10.4 Å². The van der Waals surface area contributed by atoms with Crippen LogP contribution in [0.4, 0.5) is 0 Å². The lowest BCUT2D eigenvalue weighted by atomic mass is 9.83. The molecule has 0 unspecified atom stereocenters. The van der Waals surface area contributed by atoms with Crippen LogP contribution in [-0.4, -0.2) is 45.1 Å². The van der Waals surface area contributed by atoms with Crippen molar-refractivity contribution in [2.75, 3.05) is 6.61 Å². The summed E-state index contributed by atoms with van der Waals surface area (Å²) in [6, 6.07) is 42.5. The van der Waals surface area contributed by atoms with Crippen LogP contribution >= 0.6 is 0 Å². The summed E-state index contributed by atoms with van der Waals surface area (Å²) in [5.74, 6) is 0.147. The van der Waals surface area contributed by atoms with Crippen LogP contribution in [0.1, 0.15) is 71.4 Å². The third-order valence-electron chi connectivity index (χ3n) is 10.4. The second kappa shape index (κ2) is 15.8. The molecule has 1 spiro atoms. The van der Waals surface area contributed by atoms with Gasteiger partial charge in [0, 0.05) is 18.9 Å². The summed E-state index contributed by atoms with van der Waals surface area (Å²) in [7, 11) is -2.73. The van der Waals surface area contributed by atoms with Crippen LogP contribution in [0.5, 0.6) is 0 Å². The Morgan fingerprint density at radius 1 is 0.735 bits per heavy atom. The molecule has 2 heterocycles. The van der Waals surface area contributed by atoms with E-state index >= 15 is 0 Å². The second-order valence-corrected chi connectivity index (χ2v) is 19.0. The molecule has 4 aromatic carbocycles. The normalized spacial score (nSPS) is 24.5. The summed E-state index contributed by atoms with van der Waals surface area (Å²) in [6.45, 7) is 13.0. The molecule has 2 fully saturated rings. The Kier molecular flexibility index (Phi) is 11.5. The molecule has 2 aliphatic rings. The van der Waals surface area contributed by atoms with E-state index in [1.807, 2.05) is 24.3 Å². The largest absolute Gasteiger partial charge is 0.407 e. The van der Waals surface area contributed by atoms with E-state index < -0.39 is 20.2 Å². The Morgan fingerprint density at radius 2 is 1.24 bits per heavy atom. The van der Waals surface area contributed by atoms with Gasteiger partial charge >= 0.3 is 0 Å². The number of ether oxygens (including phenoxy) is 4.